The topological polar surface area (TPSA) is 130 Å². The SMILES string of the molecule is O=C(Nc1ccc(Cc2ccc(NC(=O)N(CCO)/N=C/C(Br)=C/c3ccccc3)cc2)cc1)N(CCO)/N=C/C(Br)=C/c1ccccc1. The minimum Gasteiger partial charge on any atom is -0.394 e. The number of nitrogens with one attached hydrogen (secondary N) is 2. The zero-order valence-corrected chi connectivity index (χ0v) is 29.7. The molecule has 4 rings (SSSR count). The predicted molar refractivity (Wildman–Crippen MR) is 205 cm³/mol. The summed E-state index contributed by atoms with van der Waals surface area (Å²) in [7, 11) is 0. The summed E-state index contributed by atoms with van der Waals surface area (Å²) in [6.45, 7) is -0.435. The van der Waals surface area contributed by atoms with Gasteiger partial charge in [0, 0.05) is 20.3 Å². The summed E-state index contributed by atoms with van der Waals surface area (Å²) in [5.41, 5.74) is 5.17. The van der Waals surface area contributed by atoms with Gasteiger partial charge in [0.2, 0.25) is 0 Å². The second-order valence-corrected chi connectivity index (χ2v) is 12.3. The van der Waals surface area contributed by atoms with Gasteiger partial charge in [-0.15, -0.1) is 0 Å². The molecular formula is C37H36Br2N6O4. The van der Waals surface area contributed by atoms with Crippen LogP contribution in [0.15, 0.2) is 128 Å². The van der Waals surface area contributed by atoms with Crippen LogP contribution in [0.4, 0.5) is 21.0 Å². The molecule has 4 N–H and O–H groups in total. The summed E-state index contributed by atoms with van der Waals surface area (Å²) >= 11 is 6.89. The lowest BCUT2D eigenvalue weighted by atomic mass is 10.0. The summed E-state index contributed by atoms with van der Waals surface area (Å²) in [5.74, 6) is 0. The van der Waals surface area contributed by atoms with Crippen molar-refractivity contribution < 1.29 is 19.8 Å². The highest BCUT2D eigenvalue weighted by Gasteiger charge is 2.13. The normalized spacial score (nSPS) is 11.9. The van der Waals surface area contributed by atoms with Crippen molar-refractivity contribution in [2.24, 2.45) is 10.2 Å². The molecule has 0 fully saturated rings. The first-order valence-electron chi connectivity index (χ1n) is 15.3. The fourth-order valence-corrected chi connectivity index (χ4v) is 5.09. The predicted octanol–water partition coefficient (Wildman–Crippen LogP) is 7.77. The maximum absolute atomic E-state index is 12.9. The average molecular weight is 789 g/mol. The molecule has 4 aromatic carbocycles. The lowest BCUT2D eigenvalue weighted by molar-refractivity contribution is 0.191. The van der Waals surface area contributed by atoms with Gasteiger partial charge < -0.3 is 20.8 Å². The molecule has 4 aromatic rings. The highest BCUT2D eigenvalue weighted by molar-refractivity contribution is 9.12. The third kappa shape index (κ3) is 12.9. The molecular weight excluding hydrogens is 752 g/mol. The Morgan fingerprint density at radius 1 is 0.592 bits per heavy atom. The number of anilines is 2. The number of carbonyl (C=O) groups is 2. The van der Waals surface area contributed by atoms with Gasteiger partial charge in [0.05, 0.1) is 38.7 Å². The quantitative estimate of drug-likeness (QED) is 0.0769. The molecule has 4 amide bonds. The Bertz CT molecular complexity index is 1630. The first-order chi connectivity index (χ1) is 23.8. The lowest BCUT2D eigenvalue weighted by Gasteiger charge is -2.17. The van der Waals surface area contributed by atoms with E-state index >= 15 is 0 Å². The van der Waals surface area contributed by atoms with E-state index in [-0.39, 0.29) is 26.3 Å². The van der Waals surface area contributed by atoms with Crippen LogP contribution in [0.2, 0.25) is 0 Å². The molecule has 0 unspecified atom stereocenters. The first-order valence-corrected chi connectivity index (χ1v) is 16.9. The third-order valence-corrected chi connectivity index (χ3v) is 7.63. The van der Waals surface area contributed by atoms with Gasteiger partial charge in [0.25, 0.3) is 0 Å². The van der Waals surface area contributed by atoms with Crippen molar-refractivity contribution in [2.45, 2.75) is 6.42 Å². The number of hydrogen-bond acceptors (Lipinski definition) is 6. The first kappa shape index (κ1) is 36.9. The molecule has 0 aromatic heterocycles. The van der Waals surface area contributed by atoms with E-state index in [0.29, 0.717) is 26.8 Å². The summed E-state index contributed by atoms with van der Waals surface area (Å²) in [6.07, 6.45) is 7.39. The molecule has 252 valence electrons. The number of nitrogens with zero attached hydrogens (tertiary/aromatic N) is 4. The molecule has 49 heavy (non-hydrogen) atoms. The second-order valence-electron chi connectivity index (χ2n) is 10.5. The van der Waals surface area contributed by atoms with E-state index in [1.54, 1.807) is 24.3 Å². The maximum Gasteiger partial charge on any atom is 0.342 e. The summed E-state index contributed by atoms with van der Waals surface area (Å²) in [6, 6.07) is 33.3. The van der Waals surface area contributed by atoms with Crippen molar-refractivity contribution >= 4 is 79.9 Å². The molecule has 0 atom stereocenters. The number of amides is 4. The van der Waals surface area contributed by atoms with E-state index in [1.165, 1.54) is 12.4 Å². The molecule has 0 spiro atoms. The van der Waals surface area contributed by atoms with E-state index in [9.17, 15) is 19.8 Å². The van der Waals surface area contributed by atoms with E-state index in [0.717, 1.165) is 32.3 Å². The van der Waals surface area contributed by atoms with Crippen LogP contribution in [0.5, 0.6) is 0 Å². The number of aliphatic hydroxyl groups is 2. The number of aliphatic hydroxyl groups excluding tert-OH is 2. The Kier molecular flexibility index (Phi) is 14.9. The van der Waals surface area contributed by atoms with Crippen LogP contribution >= 0.6 is 31.9 Å². The Morgan fingerprint density at radius 3 is 1.31 bits per heavy atom. The summed E-state index contributed by atoms with van der Waals surface area (Å²) in [5, 5.41) is 35.3. The van der Waals surface area contributed by atoms with Crippen LogP contribution < -0.4 is 10.6 Å². The zero-order valence-electron chi connectivity index (χ0n) is 26.5. The molecule has 12 heteroatoms. The van der Waals surface area contributed by atoms with Gasteiger partial charge in [0.15, 0.2) is 0 Å². The van der Waals surface area contributed by atoms with Crippen molar-refractivity contribution in [2.75, 3.05) is 36.9 Å². The molecule has 0 radical (unpaired) electrons. The van der Waals surface area contributed by atoms with Crippen LogP contribution in [0.1, 0.15) is 22.3 Å². The number of allylic oxidation sites excluding steroid dienone is 2. The van der Waals surface area contributed by atoms with Gasteiger partial charge in [-0.2, -0.15) is 10.2 Å². The molecule has 0 aliphatic carbocycles. The maximum atomic E-state index is 12.9. The van der Waals surface area contributed by atoms with Gasteiger partial charge in [-0.25, -0.2) is 19.6 Å². The number of rotatable bonds is 14. The fraction of sp³-hybridized carbons (Fsp3) is 0.135. The van der Waals surface area contributed by atoms with E-state index in [1.807, 2.05) is 97.1 Å². The van der Waals surface area contributed by atoms with Crippen molar-refractivity contribution in [1.82, 2.24) is 10.0 Å². The standard InChI is InChI=1S/C37H36Br2N6O4/c38-32(24-28-7-3-1-4-8-28)26-40-44(19-21-46)36(48)42-34-15-11-30(12-16-34)23-31-13-17-35(18-14-31)43-37(49)45(20-22-47)41-27-33(39)25-29-9-5-2-6-10-29/h1-18,24-27,46-47H,19-23H2,(H,42,48)(H,43,49)/b32-24-,33-25-,40-26+,41-27+. The number of hydrazone groups is 2. The van der Waals surface area contributed by atoms with Gasteiger partial charge in [-0.05, 0) is 97.0 Å². The van der Waals surface area contributed by atoms with E-state index in [2.05, 4.69) is 52.7 Å². The molecule has 0 saturated carbocycles. The van der Waals surface area contributed by atoms with E-state index < -0.39 is 12.1 Å². The van der Waals surface area contributed by atoms with Crippen LogP contribution in [-0.4, -0.2) is 71.0 Å². The highest BCUT2D eigenvalue weighted by Crippen LogP contribution is 2.18. The Balaban J connectivity index is 1.30. The fourth-order valence-electron chi connectivity index (χ4n) is 4.38. The van der Waals surface area contributed by atoms with E-state index in [4.69, 9.17) is 0 Å². The number of carbonyl (C=O) groups excluding carboxylic acids is 2. The number of hydrogen-bond donors (Lipinski definition) is 4. The van der Waals surface area contributed by atoms with Gasteiger partial charge in [0.1, 0.15) is 0 Å². The Hall–Kier alpha value is -4.88. The van der Waals surface area contributed by atoms with Crippen molar-refractivity contribution in [3.63, 3.8) is 0 Å². The number of halogens is 2. The Labute approximate surface area is 302 Å². The minimum atomic E-state index is -0.477. The lowest BCUT2D eigenvalue weighted by Crippen LogP contribution is -2.33. The smallest absolute Gasteiger partial charge is 0.342 e. The zero-order chi connectivity index (χ0) is 34.8. The van der Waals surface area contributed by atoms with Gasteiger partial charge in [-0.1, -0.05) is 84.9 Å². The average Bonchev–Trinajstić information content (AvgIpc) is 3.11. The van der Waals surface area contributed by atoms with Crippen LogP contribution in [0.25, 0.3) is 12.2 Å². The highest BCUT2D eigenvalue weighted by atomic mass is 79.9. The second kappa shape index (κ2) is 19.8. The summed E-state index contributed by atoms with van der Waals surface area (Å²) in [4.78, 5) is 25.7. The summed E-state index contributed by atoms with van der Waals surface area (Å²) < 4.78 is 1.34. The molecule has 0 aliphatic heterocycles. The number of benzene rings is 4. The van der Waals surface area contributed by atoms with Crippen LogP contribution in [0, 0.1) is 0 Å². The Morgan fingerprint density at radius 2 is 0.959 bits per heavy atom. The third-order valence-electron chi connectivity index (χ3n) is 6.76. The molecule has 10 nitrogen and oxygen atoms in total. The van der Waals surface area contributed by atoms with Gasteiger partial charge in [-0.3, -0.25) is 0 Å². The van der Waals surface area contributed by atoms with Crippen LogP contribution in [-0.2, 0) is 6.42 Å². The van der Waals surface area contributed by atoms with Crippen molar-refractivity contribution in [3.05, 3.63) is 140 Å². The molecule has 0 aliphatic rings. The largest absolute Gasteiger partial charge is 0.394 e. The molecule has 0 bridgehead atoms. The molecule has 0 saturated heterocycles. The van der Waals surface area contributed by atoms with Crippen molar-refractivity contribution in [3.8, 4) is 0 Å². The molecule has 0 heterocycles. The minimum absolute atomic E-state index is 0.0268. The monoisotopic (exact) mass is 786 g/mol. The number of urea groups is 2. The van der Waals surface area contributed by atoms with Crippen LogP contribution in [0.3, 0.4) is 0 Å². The van der Waals surface area contributed by atoms with Gasteiger partial charge >= 0.3 is 12.1 Å². The van der Waals surface area contributed by atoms with Crippen molar-refractivity contribution in [1.29, 1.82) is 0 Å².